The fraction of sp³-hybridized carbons (Fsp3) is 0.647. The van der Waals surface area contributed by atoms with Gasteiger partial charge in [0.1, 0.15) is 0 Å². The minimum atomic E-state index is 0.356. The fourth-order valence-corrected chi connectivity index (χ4v) is 2.77. The SMILES string of the molecule is CCNC(C)CC(C)(C)Cc1ccc(CC)cc1. The van der Waals surface area contributed by atoms with Crippen LogP contribution in [0.15, 0.2) is 24.3 Å². The maximum Gasteiger partial charge on any atom is 0.00438 e. The van der Waals surface area contributed by atoms with Crippen molar-refractivity contribution in [2.24, 2.45) is 5.41 Å². The lowest BCUT2D eigenvalue weighted by Gasteiger charge is -2.28. The molecule has 1 aromatic carbocycles. The molecule has 0 spiro atoms. The minimum Gasteiger partial charge on any atom is -0.315 e. The molecule has 0 radical (unpaired) electrons. The van der Waals surface area contributed by atoms with Gasteiger partial charge in [0, 0.05) is 6.04 Å². The van der Waals surface area contributed by atoms with E-state index in [0.29, 0.717) is 11.5 Å². The molecule has 0 saturated heterocycles. The number of rotatable bonds is 7. The van der Waals surface area contributed by atoms with Crippen molar-refractivity contribution in [2.75, 3.05) is 6.54 Å². The Labute approximate surface area is 113 Å². The Hall–Kier alpha value is -0.820. The maximum absolute atomic E-state index is 3.51. The number of aryl methyl sites for hydroxylation is 1. The second-order valence-corrected chi connectivity index (χ2v) is 6.17. The molecule has 0 saturated carbocycles. The van der Waals surface area contributed by atoms with Crippen LogP contribution in [0, 0.1) is 5.41 Å². The summed E-state index contributed by atoms with van der Waals surface area (Å²) in [6.07, 6.45) is 3.50. The Morgan fingerprint density at radius 2 is 1.61 bits per heavy atom. The highest BCUT2D eigenvalue weighted by Crippen LogP contribution is 2.27. The number of nitrogens with one attached hydrogen (secondary N) is 1. The summed E-state index contributed by atoms with van der Waals surface area (Å²) in [5.41, 5.74) is 3.24. The van der Waals surface area contributed by atoms with Crippen molar-refractivity contribution >= 4 is 0 Å². The average Bonchev–Trinajstić information content (AvgIpc) is 2.29. The Kier molecular flexibility index (Phi) is 5.87. The van der Waals surface area contributed by atoms with Crippen LogP contribution >= 0.6 is 0 Å². The van der Waals surface area contributed by atoms with Gasteiger partial charge in [-0.05, 0) is 49.3 Å². The van der Waals surface area contributed by atoms with E-state index in [2.05, 4.69) is 64.2 Å². The van der Waals surface area contributed by atoms with E-state index in [1.54, 1.807) is 0 Å². The van der Waals surface area contributed by atoms with E-state index in [9.17, 15) is 0 Å². The Morgan fingerprint density at radius 3 is 2.11 bits per heavy atom. The van der Waals surface area contributed by atoms with E-state index < -0.39 is 0 Å². The van der Waals surface area contributed by atoms with Crippen molar-refractivity contribution in [3.05, 3.63) is 35.4 Å². The monoisotopic (exact) mass is 247 g/mol. The summed E-state index contributed by atoms with van der Waals surface area (Å²) in [7, 11) is 0. The van der Waals surface area contributed by atoms with Crippen LogP contribution in [0.1, 0.15) is 52.2 Å². The van der Waals surface area contributed by atoms with E-state index in [0.717, 1.165) is 19.4 Å². The van der Waals surface area contributed by atoms with Gasteiger partial charge in [0.05, 0.1) is 0 Å². The van der Waals surface area contributed by atoms with Crippen molar-refractivity contribution in [1.29, 1.82) is 0 Å². The normalized spacial score (nSPS) is 13.6. The van der Waals surface area contributed by atoms with Crippen molar-refractivity contribution in [3.63, 3.8) is 0 Å². The van der Waals surface area contributed by atoms with Gasteiger partial charge in [0.2, 0.25) is 0 Å². The third-order valence-electron chi connectivity index (χ3n) is 3.53. The molecule has 0 aliphatic heterocycles. The Morgan fingerprint density at radius 1 is 1.06 bits per heavy atom. The molecule has 1 N–H and O–H groups in total. The van der Waals surface area contributed by atoms with Gasteiger partial charge in [0.15, 0.2) is 0 Å². The van der Waals surface area contributed by atoms with E-state index >= 15 is 0 Å². The van der Waals surface area contributed by atoms with Gasteiger partial charge in [-0.15, -0.1) is 0 Å². The Balaban J connectivity index is 2.57. The number of hydrogen-bond donors (Lipinski definition) is 1. The molecule has 1 nitrogen and oxygen atoms in total. The van der Waals surface area contributed by atoms with E-state index in [1.807, 2.05) is 0 Å². The number of hydrogen-bond acceptors (Lipinski definition) is 1. The highest BCUT2D eigenvalue weighted by Gasteiger charge is 2.21. The van der Waals surface area contributed by atoms with Crippen molar-refractivity contribution in [1.82, 2.24) is 5.32 Å². The topological polar surface area (TPSA) is 12.0 Å². The van der Waals surface area contributed by atoms with Crippen LogP contribution in [0.4, 0.5) is 0 Å². The molecule has 0 amide bonds. The summed E-state index contributed by atoms with van der Waals surface area (Å²) >= 11 is 0. The molecule has 0 heterocycles. The van der Waals surface area contributed by atoms with Crippen LogP contribution in [0.3, 0.4) is 0 Å². The summed E-state index contributed by atoms with van der Waals surface area (Å²) in [5, 5.41) is 3.51. The third kappa shape index (κ3) is 5.22. The summed E-state index contributed by atoms with van der Waals surface area (Å²) in [5.74, 6) is 0. The molecular formula is C17H29N. The van der Waals surface area contributed by atoms with Crippen LogP contribution in [0.2, 0.25) is 0 Å². The maximum atomic E-state index is 3.51. The second-order valence-electron chi connectivity index (χ2n) is 6.17. The zero-order valence-corrected chi connectivity index (χ0v) is 12.7. The molecular weight excluding hydrogens is 218 g/mol. The molecule has 102 valence electrons. The Bertz CT molecular complexity index is 337. The molecule has 0 bridgehead atoms. The van der Waals surface area contributed by atoms with Crippen molar-refractivity contribution < 1.29 is 0 Å². The third-order valence-corrected chi connectivity index (χ3v) is 3.53. The largest absolute Gasteiger partial charge is 0.315 e. The summed E-state index contributed by atoms with van der Waals surface area (Å²) < 4.78 is 0. The summed E-state index contributed by atoms with van der Waals surface area (Å²) in [4.78, 5) is 0. The smallest absolute Gasteiger partial charge is 0.00438 e. The molecule has 0 aliphatic carbocycles. The first-order valence-electron chi connectivity index (χ1n) is 7.28. The summed E-state index contributed by atoms with van der Waals surface area (Å²) in [6.45, 7) is 12.5. The second kappa shape index (κ2) is 6.94. The van der Waals surface area contributed by atoms with Gasteiger partial charge < -0.3 is 5.32 Å². The van der Waals surface area contributed by atoms with Gasteiger partial charge in [-0.1, -0.05) is 52.0 Å². The van der Waals surface area contributed by atoms with Gasteiger partial charge in [-0.2, -0.15) is 0 Å². The summed E-state index contributed by atoms with van der Waals surface area (Å²) in [6, 6.07) is 9.70. The first-order chi connectivity index (χ1) is 8.46. The molecule has 0 fully saturated rings. The predicted octanol–water partition coefficient (Wildman–Crippen LogP) is 4.21. The van der Waals surface area contributed by atoms with Gasteiger partial charge >= 0.3 is 0 Å². The van der Waals surface area contributed by atoms with E-state index in [1.165, 1.54) is 17.5 Å². The first kappa shape index (κ1) is 15.2. The van der Waals surface area contributed by atoms with Gasteiger partial charge in [0.25, 0.3) is 0 Å². The standard InChI is InChI=1S/C17H29N/c1-6-15-8-10-16(11-9-15)13-17(4,5)12-14(3)18-7-2/h8-11,14,18H,6-7,12-13H2,1-5H3. The lowest BCUT2D eigenvalue weighted by atomic mass is 9.80. The number of benzene rings is 1. The molecule has 0 aliphatic rings. The minimum absolute atomic E-state index is 0.356. The van der Waals surface area contributed by atoms with Gasteiger partial charge in [-0.3, -0.25) is 0 Å². The zero-order chi connectivity index (χ0) is 13.6. The van der Waals surface area contributed by atoms with E-state index in [4.69, 9.17) is 0 Å². The highest BCUT2D eigenvalue weighted by atomic mass is 14.9. The molecule has 0 aromatic heterocycles. The van der Waals surface area contributed by atoms with Crippen LogP contribution < -0.4 is 5.32 Å². The fourth-order valence-electron chi connectivity index (χ4n) is 2.77. The molecule has 1 rings (SSSR count). The van der Waals surface area contributed by atoms with Crippen LogP contribution in [0.25, 0.3) is 0 Å². The predicted molar refractivity (Wildman–Crippen MR) is 81.1 cm³/mol. The van der Waals surface area contributed by atoms with E-state index in [-0.39, 0.29) is 0 Å². The highest BCUT2D eigenvalue weighted by molar-refractivity contribution is 5.23. The lowest BCUT2D eigenvalue weighted by Crippen LogP contribution is -2.32. The lowest BCUT2D eigenvalue weighted by molar-refractivity contribution is 0.289. The van der Waals surface area contributed by atoms with Gasteiger partial charge in [-0.25, -0.2) is 0 Å². The van der Waals surface area contributed by atoms with Crippen molar-refractivity contribution in [2.45, 2.75) is 59.9 Å². The molecule has 18 heavy (non-hydrogen) atoms. The quantitative estimate of drug-likeness (QED) is 0.761. The molecule has 1 heteroatoms. The average molecular weight is 247 g/mol. The zero-order valence-electron chi connectivity index (χ0n) is 12.7. The van der Waals surface area contributed by atoms with Crippen LogP contribution in [-0.2, 0) is 12.8 Å². The van der Waals surface area contributed by atoms with Crippen molar-refractivity contribution in [3.8, 4) is 0 Å². The van der Waals surface area contributed by atoms with Crippen LogP contribution in [-0.4, -0.2) is 12.6 Å². The molecule has 1 unspecified atom stereocenters. The molecule has 1 atom stereocenters. The first-order valence-corrected chi connectivity index (χ1v) is 7.28. The molecule has 1 aromatic rings. The van der Waals surface area contributed by atoms with Crippen LogP contribution in [0.5, 0.6) is 0 Å².